The zero-order valence-corrected chi connectivity index (χ0v) is 16.6. The smallest absolute Gasteiger partial charge is 0.211 e. The van der Waals surface area contributed by atoms with Crippen LogP contribution >= 0.6 is 0 Å². The fourth-order valence-corrected chi connectivity index (χ4v) is 7.71. The van der Waals surface area contributed by atoms with E-state index in [1.54, 1.807) is 6.92 Å². The van der Waals surface area contributed by atoms with Gasteiger partial charge in [0.05, 0.1) is 5.41 Å². The summed E-state index contributed by atoms with van der Waals surface area (Å²) in [7, 11) is 0. The van der Waals surface area contributed by atoms with E-state index in [0.717, 1.165) is 25.7 Å². The summed E-state index contributed by atoms with van der Waals surface area (Å²) in [6, 6.07) is 0. The van der Waals surface area contributed by atoms with Gasteiger partial charge < -0.3 is 15.3 Å². The van der Waals surface area contributed by atoms with Crippen molar-refractivity contribution in [2.45, 2.75) is 59.8 Å². The number of allylic oxidation sites excluding steroid dienone is 2. The molecule has 0 amide bonds. The molecule has 0 aromatic heterocycles. The van der Waals surface area contributed by atoms with Crippen molar-refractivity contribution in [3.63, 3.8) is 0 Å². The highest BCUT2D eigenvalue weighted by Gasteiger charge is 2.64. The van der Waals surface area contributed by atoms with Crippen molar-refractivity contribution in [2.75, 3.05) is 0 Å². The molecule has 3 N–H and O–H groups in total. The zero-order chi connectivity index (χ0) is 19.9. The number of hydrogen-bond donors (Lipinski definition) is 3. The molecule has 0 saturated heterocycles. The first kappa shape index (κ1) is 18.6. The van der Waals surface area contributed by atoms with Crippen LogP contribution in [-0.4, -0.2) is 26.9 Å². The van der Waals surface area contributed by atoms with E-state index < -0.39 is 22.7 Å². The van der Waals surface area contributed by atoms with Crippen molar-refractivity contribution in [1.82, 2.24) is 0 Å². The zero-order valence-electron chi connectivity index (χ0n) is 16.6. The van der Waals surface area contributed by atoms with Crippen molar-refractivity contribution in [3.8, 4) is 0 Å². The lowest BCUT2D eigenvalue weighted by molar-refractivity contribution is -0.139. The fraction of sp³-hybridized carbons (Fsp3) is 0.727. The van der Waals surface area contributed by atoms with Crippen LogP contribution in [0.5, 0.6) is 0 Å². The number of fused-ring (bicyclic) bond motifs is 5. The molecule has 5 nitrogen and oxygen atoms in total. The lowest BCUT2D eigenvalue weighted by Gasteiger charge is -2.56. The molecule has 4 aliphatic rings. The number of aliphatic hydroxyl groups is 3. The number of carbonyl (C=O) groups is 2. The molecule has 4 aliphatic carbocycles. The maximum absolute atomic E-state index is 13.0. The molecule has 27 heavy (non-hydrogen) atoms. The van der Waals surface area contributed by atoms with Crippen LogP contribution in [0.1, 0.15) is 59.8 Å². The Labute approximate surface area is 160 Å². The predicted molar refractivity (Wildman–Crippen MR) is 100 cm³/mol. The minimum absolute atomic E-state index is 0.0159. The minimum atomic E-state index is -0.970. The molecule has 0 unspecified atom stereocenters. The van der Waals surface area contributed by atoms with Crippen molar-refractivity contribution in [1.29, 1.82) is 0 Å². The number of hydrogen-bond acceptors (Lipinski definition) is 5. The molecule has 5 heteroatoms. The van der Waals surface area contributed by atoms with Gasteiger partial charge >= 0.3 is 0 Å². The van der Waals surface area contributed by atoms with Gasteiger partial charge in [-0.2, -0.15) is 0 Å². The maximum atomic E-state index is 13.0. The number of Topliss-reactive ketones (excluding diaryl/α,β-unsaturated/α-hetero) is 2. The quantitative estimate of drug-likeness (QED) is 0.632. The SMILES string of the molecule is CC(=O)[C@H]1[C@H](C)C[C@H]2[C@@H]3CCC4=C(O)C(O)=C(O)C(=O)[C@]4(C)[C@H]3CC[C@@]21C. The number of ketones is 2. The first-order chi connectivity index (χ1) is 12.5. The van der Waals surface area contributed by atoms with Crippen LogP contribution in [0.2, 0.25) is 0 Å². The molecular weight excluding hydrogens is 344 g/mol. The van der Waals surface area contributed by atoms with Gasteiger partial charge in [0.1, 0.15) is 5.78 Å². The summed E-state index contributed by atoms with van der Waals surface area (Å²) in [6.07, 6.45) is 4.04. The summed E-state index contributed by atoms with van der Waals surface area (Å²) < 4.78 is 0. The van der Waals surface area contributed by atoms with Crippen molar-refractivity contribution >= 4 is 11.6 Å². The summed E-state index contributed by atoms with van der Waals surface area (Å²) >= 11 is 0. The van der Waals surface area contributed by atoms with Crippen molar-refractivity contribution < 1.29 is 24.9 Å². The molecule has 0 aromatic rings. The maximum Gasteiger partial charge on any atom is 0.211 e. The van der Waals surface area contributed by atoms with Crippen LogP contribution in [0, 0.1) is 40.4 Å². The van der Waals surface area contributed by atoms with Crippen LogP contribution in [0.25, 0.3) is 0 Å². The van der Waals surface area contributed by atoms with Gasteiger partial charge in [-0.1, -0.05) is 13.8 Å². The van der Waals surface area contributed by atoms with Crippen molar-refractivity contribution in [2.24, 2.45) is 40.4 Å². The average molecular weight is 374 g/mol. The molecule has 3 fully saturated rings. The van der Waals surface area contributed by atoms with E-state index in [4.69, 9.17) is 0 Å². The van der Waals surface area contributed by atoms with E-state index in [9.17, 15) is 24.9 Å². The van der Waals surface area contributed by atoms with E-state index >= 15 is 0 Å². The Bertz CT molecular complexity index is 793. The van der Waals surface area contributed by atoms with Gasteiger partial charge in [0.2, 0.25) is 17.3 Å². The van der Waals surface area contributed by atoms with Gasteiger partial charge in [0.15, 0.2) is 5.76 Å². The highest BCUT2D eigenvalue weighted by molar-refractivity contribution is 6.02. The Morgan fingerprint density at radius 1 is 1.04 bits per heavy atom. The molecule has 7 atom stereocenters. The largest absolute Gasteiger partial charge is 0.504 e. The third kappa shape index (κ3) is 2.11. The van der Waals surface area contributed by atoms with Gasteiger partial charge in [-0.05, 0) is 80.6 Å². The Balaban J connectivity index is 1.77. The van der Waals surface area contributed by atoms with E-state index in [2.05, 4.69) is 13.8 Å². The second-order valence-corrected chi connectivity index (χ2v) is 9.82. The van der Waals surface area contributed by atoms with Crippen LogP contribution in [-0.2, 0) is 9.59 Å². The molecule has 0 radical (unpaired) electrons. The lowest BCUT2D eigenvalue weighted by atomic mass is 9.46. The van der Waals surface area contributed by atoms with Crippen LogP contribution in [0.3, 0.4) is 0 Å². The number of rotatable bonds is 1. The molecular formula is C22H30O5. The topological polar surface area (TPSA) is 94.8 Å². The minimum Gasteiger partial charge on any atom is -0.504 e. The van der Waals surface area contributed by atoms with E-state index in [-0.39, 0.29) is 34.7 Å². The van der Waals surface area contributed by atoms with Gasteiger partial charge in [0.25, 0.3) is 0 Å². The molecule has 148 valence electrons. The highest BCUT2D eigenvalue weighted by Crippen LogP contribution is 2.67. The first-order valence-electron chi connectivity index (χ1n) is 10.2. The lowest BCUT2D eigenvalue weighted by Crippen LogP contribution is -2.54. The van der Waals surface area contributed by atoms with Gasteiger partial charge in [-0.15, -0.1) is 0 Å². The summed E-state index contributed by atoms with van der Waals surface area (Å²) in [6.45, 7) is 7.95. The molecule has 0 heterocycles. The number of aliphatic hydroxyl groups excluding tert-OH is 3. The van der Waals surface area contributed by atoms with Crippen molar-refractivity contribution in [3.05, 3.63) is 22.9 Å². The Kier molecular flexibility index (Phi) is 3.86. The monoisotopic (exact) mass is 374 g/mol. The van der Waals surface area contributed by atoms with Gasteiger partial charge in [0, 0.05) is 5.92 Å². The van der Waals surface area contributed by atoms with E-state index in [1.807, 2.05) is 6.92 Å². The summed E-state index contributed by atoms with van der Waals surface area (Å²) in [5.74, 6) is -0.832. The highest BCUT2D eigenvalue weighted by atomic mass is 16.3. The molecule has 0 spiro atoms. The summed E-state index contributed by atoms with van der Waals surface area (Å²) in [4.78, 5) is 25.4. The van der Waals surface area contributed by atoms with Crippen LogP contribution in [0.15, 0.2) is 22.9 Å². The second kappa shape index (κ2) is 5.62. The van der Waals surface area contributed by atoms with Crippen LogP contribution < -0.4 is 0 Å². The standard InChI is InChI=1S/C22H30O5/c1-10-9-15-12-5-6-14-17(24)18(25)19(26)20(27)22(14,4)13(12)7-8-21(15,3)16(10)11(2)23/h10,12-13,15-16,24-26H,5-9H2,1-4H3/t10-,12-,13+,15+,16-,21+,22-/m1/s1. The van der Waals surface area contributed by atoms with E-state index in [0.29, 0.717) is 23.8 Å². The molecule has 4 rings (SSSR count). The Hall–Kier alpha value is -1.78. The third-order valence-corrected chi connectivity index (χ3v) is 8.74. The summed E-state index contributed by atoms with van der Waals surface area (Å²) in [5.41, 5.74) is -0.437. The molecule has 0 aliphatic heterocycles. The number of carbonyl (C=O) groups excluding carboxylic acids is 2. The summed E-state index contributed by atoms with van der Waals surface area (Å²) in [5, 5.41) is 30.5. The van der Waals surface area contributed by atoms with Crippen LogP contribution in [0.4, 0.5) is 0 Å². The second-order valence-electron chi connectivity index (χ2n) is 9.82. The first-order valence-corrected chi connectivity index (χ1v) is 10.2. The van der Waals surface area contributed by atoms with Gasteiger partial charge in [-0.3, -0.25) is 9.59 Å². The molecule has 0 bridgehead atoms. The Morgan fingerprint density at radius 3 is 2.33 bits per heavy atom. The third-order valence-electron chi connectivity index (χ3n) is 8.74. The fourth-order valence-electron chi connectivity index (χ4n) is 7.71. The molecule has 0 aromatic carbocycles. The normalized spacial score (nSPS) is 46.8. The van der Waals surface area contributed by atoms with Gasteiger partial charge in [-0.25, -0.2) is 0 Å². The predicted octanol–water partition coefficient (Wildman–Crippen LogP) is 4.40. The molecule has 3 saturated carbocycles. The average Bonchev–Trinajstić information content (AvgIpc) is 2.88. The van der Waals surface area contributed by atoms with E-state index in [1.165, 1.54) is 0 Å². The Morgan fingerprint density at radius 2 is 1.70 bits per heavy atom.